The van der Waals surface area contributed by atoms with E-state index in [2.05, 4.69) is 19.9 Å². The monoisotopic (exact) mass is 369 g/mol. The molecule has 4 heterocycles. The number of imidazole rings is 1. The summed E-state index contributed by atoms with van der Waals surface area (Å²) >= 11 is 1.24. The lowest BCUT2D eigenvalue weighted by Gasteiger charge is -2.33. The molecule has 26 heavy (non-hydrogen) atoms. The average Bonchev–Trinajstić information content (AvgIpc) is 3.39. The molecule has 1 amide bonds. The Hall–Kier alpha value is -3.07. The number of halogens is 1. The van der Waals surface area contributed by atoms with Crippen molar-refractivity contribution in [3.63, 3.8) is 0 Å². The lowest BCUT2D eigenvalue weighted by atomic mass is 10.0. The predicted octanol–water partition coefficient (Wildman–Crippen LogP) is 2.93. The van der Waals surface area contributed by atoms with E-state index in [0.29, 0.717) is 28.2 Å². The molecule has 7 nitrogen and oxygen atoms in total. The Balaban J connectivity index is 1.66. The zero-order valence-corrected chi connectivity index (χ0v) is 14.2. The van der Waals surface area contributed by atoms with Gasteiger partial charge in [0.2, 0.25) is 5.76 Å². The number of hydrogen-bond acceptors (Lipinski definition) is 6. The third-order valence-corrected chi connectivity index (χ3v) is 5.58. The van der Waals surface area contributed by atoms with Gasteiger partial charge in [0.05, 0.1) is 28.4 Å². The van der Waals surface area contributed by atoms with Crippen molar-refractivity contribution in [3.8, 4) is 0 Å². The van der Waals surface area contributed by atoms with Crippen molar-refractivity contribution in [1.29, 1.82) is 0 Å². The third kappa shape index (κ3) is 2.24. The molecule has 0 saturated carbocycles. The summed E-state index contributed by atoms with van der Waals surface area (Å²) in [5, 5.41) is 0.617. The lowest BCUT2D eigenvalue weighted by Crippen LogP contribution is -2.40. The van der Waals surface area contributed by atoms with Crippen molar-refractivity contribution in [2.24, 2.45) is 0 Å². The number of carbonyl (C=O) groups is 1. The summed E-state index contributed by atoms with van der Waals surface area (Å²) in [5.74, 6) is -0.459. The molecule has 1 aliphatic heterocycles. The van der Waals surface area contributed by atoms with Crippen LogP contribution in [0.3, 0.4) is 0 Å². The van der Waals surface area contributed by atoms with E-state index in [1.165, 1.54) is 30.0 Å². The molecular formula is C17H12FN5O2S. The molecule has 1 aromatic carbocycles. The molecule has 0 bridgehead atoms. The number of fused-ring (bicyclic) bond motifs is 2. The van der Waals surface area contributed by atoms with Crippen molar-refractivity contribution in [2.75, 3.05) is 6.54 Å². The number of H-pyrrole nitrogens is 1. The van der Waals surface area contributed by atoms with Crippen LogP contribution in [0.25, 0.3) is 10.2 Å². The molecule has 0 fully saturated rings. The van der Waals surface area contributed by atoms with Gasteiger partial charge in [-0.3, -0.25) is 4.79 Å². The van der Waals surface area contributed by atoms with Gasteiger partial charge < -0.3 is 14.3 Å². The molecule has 5 rings (SSSR count). The molecule has 0 saturated heterocycles. The van der Waals surface area contributed by atoms with E-state index < -0.39 is 6.04 Å². The van der Waals surface area contributed by atoms with Gasteiger partial charge in [0.1, 0.15) is 16.9 Å². The minimum Gasteiger partial charge on any atom is -0.438 e. The van der Waals surface area contributed by atoms with E-state index in [4.69, 9.17) is 4.42 Å². The van der Waals surface area contributed by atoms with Gasteiger partial charge in [-0.2, -0.15) is 0 Å². The molecule has 0 radical (unpaired) electrons. The summed E-state index contributed by atoms with van der Waals surface area (Å²) in [5.41, 5.74) is 2.25. The van der Waals surface area contributed by atoms with Gasteiger partial charge in [-0.25, -0.2) is 19.3 Å². The number of carbonyl (C=O) groups excluding carboxylic acids is 1. The van der Waals surface area contributed by atoms with Gasteiger partial charge in [0.15, 0.2) is 6.39 Å². The topological polar surface area (TPSA) is 87.9 Å². The standard InChI is InChI=1S/C17H12FN5O2S/c18-9-2-1-3-11-15(9)26-16(22-11)14-13-10(20-7-21-13)4-5-23(14)17(24)12-6-19-8-25-12/h1-3,6-8,14H,4-5H2,(H,20,21)/t14-/m0/s1. The van der Waals surface area contributed by atoms with Crippen LogP contribution < -0.4 is 0 Å². The summed E-state index contributed by atoms with van der Waals surface area (Å²) in [7, 11) is 0. The second-order valence-electron chi connectivity index (χ2n) is 5.92. The van der Waals surface area contributed by atoms with E-state index in [1.807, 2.05) is 0 Å². The maximum absolute atomic E-state index is 14.1. The molecule has 9 heteroatoms. The van der Waals surface area contributed by atoms with Crippen LogP contribution in [-0.4, -0.2) is 37.3 Å². The Morgan fingerprint density at radius 2 is 2.35 bits per heavy atom. The number of thiazole rings is 1. The summed E-state index contributed by atoms with van der Waals surface area (Å²) in [6.45, 7) is 0.470. The van der Waals surface area contributed by atoms with Crippen LogP contribution in [0, 0.1) is 5.82 Å². The fraction of sp³-hybridized carbons (Fsp3) is 0.176. The number of rotatable bonds is 2. The van der Waals surface area contributed by atoms with Crippen LogP contribution in [-0.2, 0) is 6.42 Å². The highest BCUT2D eigenvalue weighted by Gasteiger charge is 2.37. The molecule has 1 atom stereocenters. The second-order valence-corrected chi connectivity index (χ2v) is 6.95. The van der Waals surface area contributed by atoms with Crippen LogP contribution in [0.15, 0.2) is 41.5 Å². The minimum absolute atomic E-state index is 0.154. The largest absolute Gasteiger partial charge is 0.438 e. The van der Waals surface area contributed by atoms with E-state index in [1.54, 1.807) is 23.4 Å². The van der Waals surface area contributed by atoms with Gasteiger partial charge >= 0.3 is 0 Å². The Bertz CT molecular complexity index is 1100. The Morgan fingerprint density at radius 1 is 1.42 bits per heavy atom. The first kappa shape index (κ1) is 15.2. The van der Waals surface area contributed by atoms with Gasteiger partial charge in [-0.1, -0.05) is 6.07 Å². The number of amides is 1. The molecule has 1 aliphatic rings. The van der Waals surface area contributed by atoms with E-state index in [9.17, 15) is 9.18 Å². The zero-order valence-electron chi connectivity index (χ0n) is 13.3. The number of oxazole rings is 1. The average molecular weight is 369 g/mol. The molecule has 1 N–H and O–H groups in total. The van der Waals surface area contributed by atoms with Crippen molar-refractivity contribution in [2.45, 2.75) is 12.5 Å². The van der Waals surface area contributed by atoms with Crippen molar-refractivity contribution >= 4 is 27.5 Å². The Kier molecular flexibility index (Phi) is 3.35. The van der Waals surface area contributed by atoms with Crippen molar-refractivity contribution in [1.82, 2.24) is 24.8 Å². The molecule has 0 aliphatic carbocycles. The first-order valence-electron chi connectivity index (χ1n) is 7.99. The van der Waals surface area contributed by atoms with Gasteiger partial charge in [-0.15, -0.1) is 11.3 Å². The van der Waals surface area contributed by atoms with Gasteiger partial charge in [-0.05, 0) is 12.1 Å². The number of nitrogens with zero attached hydrogens (tertiary/aromatic N) is 4. The number of aromatic nitrogens is 4. The Labute approximate surface area is 150 Å². The van der Waals surface area contributed by atoms with Gasteiger partial charge in [0, 0.05) is 18.7 Å². The molecule has 3 aromatic heterocycles. The van der Waals surface area contributed by atoms with E-state index in [0.717, 1.165) is 11.4 Å². The first-order valence-corrected chi connectivity index (χ1v) is 8.80. The number of nitrogens with one attached hydrogen (secondary N) is 1. The highest BCUT2D eigenvalue weighted by molar-refractivity contribution is 7.18. The fourth-order valence-corrected chi connectivity index (χ4v) is 4.35. The first-order chi connectivity index (χ1) is 12.7. The van der Waals surface area contributed by atoms with Crippen LogP contribution in [0.2, 0.25) is 0 Å². The molecular weight excluding hydrogens is 357 g/mol. The highest BCUT2D eigenvalue weighted by atomic mass is 32.1. The predicted molar refractivity (Wildman–Crippen MR) is 91.3 cm³/mol. The smallest absolute Gasteiger partial charge is 0.292 e. The van der Waals surface area contributed by atoms with Crippen LogP contribution >= 0.6 is 11.3 Å². The summed E-state index contributed by atoms with van der Waals surface area (Å²) in [6.07, 6.45) is 4.86. The summed E-state index contributed by atoms with van der Waals surface area (Å²) in [4.78, 5) is 30.5. The van der Waals surface area contributed by atoms with Crippen molar-refractivity contribution in [3.05, 3.63) is 65.1 Å². The van der Waals surface area contributed by atoms with Crippen LogP contribution in [0.1, 0.15) is 33.0 Å². The SMILES string of the molecule is O=C(c1cnco1)N1CCc2[nH]cnc2[C@H]1c1nc2cccc(F)c2s1. The summed E-state index contributed by atoms with van der Waals surface area (Å²) < 4.78 is 19.8. The Morgan fingerprint density at radius 3 is 3.15 bits per heavy atom. The minimum atomic E-state index is -0.501. The third-order valence-electron chi connectivity index (χ3n) is 4.45. The number of hydrogen-bond donors (Lipinski definition) is 1. The van der Waals surface area contributed by atoms with E-state index in [-0.39, 0.29) is 17.5 Å². The normalized spacial score (nSPS) is 16.8. The summed E-state index contributed by atoms with van der Waals surface area (Å²) in [6, 6.07) is 4.29. The molecule has 130 valence electrons. The number of aromatic amines is 1. The molecule has 0 spiro atoms. The zero-order chi connectivity index (χ0) is 17.7. The maximum atomic E-state index is 14.1. The second kappa shape index (κ2) is 5.73. The molecule has 4 aromatic rings. The van der Waals surface area contributed by atoms with Gasteiger partial charge in [0.25, 0.3) is 5.91 Å². The van der Waals surface area contributed by atoms with Crippen molar-refractivity contribution < 1.29 is 13.6 Å². The van der Waals surface area contributed by atoms with Crippen LogP contribution in [0.4, 0.5) is 4.39 Å². The van der Waals surface area contributed by atoms with Crippen LogP contribution in [0.5, 0.6) is 0 Å². The lowest BCUT2D eigenvalue weighted by molar-refractivity contribution is 0.0658. The molecule has 0 unspecified atom stereocenters. The quantitative estimate of drug-likeness (QED) is 0.587. The number of benzene rings is 1. The van der Waals surface area contributed by atoms with E-state index >= 15 is 0 Å². The maximum Gasteiger partial charge on any atom is 0.292 e. The fourth-order valence-electron chi connectivity index (χ4n) is 3.26. The highest BCUT2D eigenvalue weighted by Crippen LogP contribution is 2.38.